The first-order chi connectivity index (χ1) is 24.2. The Kier molecular flexibility index (Phi) is 9.09. The van der Waals surface area contributed by atoms with Gasteiger partial charge in [0, 0.05) is 58.6 Å². The minimum absolute atomic E-state index is 0.157. The van der Waals surface area contributed by atoms with Crippen LogP contribution in [0.5, 0.6) is 0 Å². The summed E-state index contributed by atoms with van der Waals surface area (Å²) in [5.41, 5.74) is 6.60. The van der Waals surface area contributed by atoms with Gasteiger partial charge >= 0.3 is 0 Å². The number of aryl methyl sites for hydroxylation is 2. The fourth-order valence-electron chi connectivity index (χ4n) is 7.39. The number of nitrogens with one attached hydrogen (secondary N) is 1. The number of pyridine rings is 2. The van der Waals surface area contributed by atoms with Gasteiger partial charge in [0.05, 0.1) is 16.1 Å². The highest BCUT2D eigenvalue weighted by molar-refractivity contribution is 7.19. The van der Waals surface area contributed by atoms with Crippen LogP contribution in [0.2, 0.25) is 0 Å². The number of hydrogen-bond acceptors (Lipinski definition) is 6. The lowest BCUT2D eigenvalue weighted by Gasteiger charge is -2.51. The Bertz CT molecular complexity index is 2080. The van der Waals surface area contributed by atoms with Crippen molar-refractivity contribution >= 4 is 40.3 Å². The molecule has 0 spiro atoms. The van der Waals surface area contributed by atoms with Crippen LogP contribution in [-0.2, 0) is 6.42 Å². The Hall–Kier alpha value is -5.15. The average molecular weight is 686 g/mol. The largest absolute Gasteiger partial charge is 0.355 e. The molecule has 2 aliphatic heterocycles. The van der Waals surface area contributed by atoms with Crippen LogP contribution in [0.15, 0.2) is 91.6 Å². The summed E-state index contributed by atoms with van der Waals surface area (Å²) in [6.07, 6.45) is 7.47. The van der Waals surface area contributed by atoms with Crippen molar-refractivity contribution in [2.45, 2.75) is 46.5 Å². The maximum atomic E-state index is 14.9. The van der Waals surface area contributed by atoms with E-state index in [4.69, 9.17) is 9.97 Å². The van der Waals surface area contributed by atoms with Gasteiger partial charge in [-0.15, -0.1) is 17.9 Å². The van der Waals surface area contributed by atoms with Crippen LogP contribution in [0.25, 0.3) is 21.0 Å². The highest BCUT2D eigenvalue weighted by Crippen LogP contribution is 2.45. The van der Waals surface area contributed by atoms with E-state index in [1.165, 1.54) is 17.4 Å². The predicted molar refractivity (Wildman–Crippen MR) is 201 cm³/mol. The molecular formula is C41H40FN5O2S. The van der Waals surface area contributed by atoms with Gasteiger partial charge in [-0.25, -0.2) is 9.37 Å². The second kappa shape index (κ2) is 13.6. The fourth-order valence-corrected chi connectivity index (χ4v) is 8.71. The number of halogens is 1. The summed E-state index contributed by atoms with van der Waals surface area (Å²) in [6.45, 7) is 12.1. The van der Waals surface area contributed by atoms with Crippen molar-refractivity contribution in [3.63, 3.8) is 0 Å². The summed E-state index contributed by atoms with van der Waals surface area (Å²) >= 11 is 1.51. The number of fused-ring (bicyclic) bond motifs is 3. The predicted octanol–water partition coefficient (Wildman–Crippen LogP) is 9.27. The summed E-state index contributed by atoms with van der Waals surface area (Å²) in [6, 6.07) is 21.6. The molecule has 1 fully saturated rings. The molecular weight excluding hydrogens is 646 g/mol. The Morgan fingerprint density at radius 3 is 2.60 bits per heavy atom. The quantitative estimate of drug-likeness (QED) is 0.157. The van der Waals surface area contributed by atoms with Crippen molar-refractivity contribution in [3.8, 4) is 21.0 Å². The third-order valence-corrected chi connectivity index (χ3v) is 11.0. The van der Waals surface area contributed by atoms with Crippen LogP contribution in [0.3, 0.4) is 0 Å². The van der Waals surface area contributed by atoms with Crippen molar-refractivity contribution in [1.82, 2.24) is 9.97 Å². The summed E-state index contributed by atoms with van der Waals surface area (Å²) < 4.78 is 14.9. The number of aromatic nitrogens is 2. The number of hydrogen-bond donors (Lipinski definition) is 1. The number of rotatable bonds is 9. The van der Waals surface area contributed by atoms with E-state index in [-0.39, 0.29) is 23.0 Å². The smallest absolute Gasteiger partial charge is 0.259 e. The number of thiophene rings is 1. The highest BCUT2D eigenvalue weighted by Gasteiger charge is 2.42. The Labute approximate surface area is 296 Å². The molecule has 254 valence electrons. The number of allylic oxidation sites excluding steroid dienone is 1. The molecule has 0 saturated carbocycles. The minimum Gasteiger partial charge on any atom is -0.355 e. The van der Waals surface area contributed by atoms with Crippen molar-refractivity contribution < 1.29 is 14.0 Å². The summed E-state index contributed by atoms with van der Waals surface area (Å²) in [7, 11) is 0. The normalized spacial score (nSPS) is 14.6. The Morgan fingerprint density at radius 1 is 1.06 bits per heavy atom. The minimum atomic E-state index is -0.246. The molecule has 0 bridgehead atoms. The van der Waals surface area contributed by atoms with Crippen LogP contribution >= 0.6 is 11.3 Å². The molecule has 2 aliphatic rings. The number of amides is 2. The van der Waals surface area contributed by atoms with Crippen molar-refractivity contribution in [1.29, 1.82) is 0 Å². The summed E-state index contributed by atoms with van der Waals surface area (Å²) in [5.74, 6) is 0.0503. The van der Waals surface area contributed by atoms with Gasteiger partial charge < -0.3 is 15.1 Å². The molecule has 5 aromatic rings. The lowest BCUT2D eigenvalue weighted by atomic mass is 9.73. The first-order valence-corrected chi connectivity index (χ1v) is 17.9. The lowest BCUT2D eigenvalue weighted by Crippen LogP contribution is -2.57. The van der Waals surface area contributed by atoms with E-state index < -0.39 is 0 Å². The zero-order valence-corrected chi connectivity index (χ0v) is 29.4. The topological polar surface area (TPSA) is 78.4 Å². The van der Waals surface area contributed by atoms with E-state index in [0.29, 0.717) is 52.5 Å². The Morgan fingerprint density at radius 2 is 1.86 bits per heavy atom. The van der Waals surface area contributed by atoms with Crippen LogP contribution in [0.4, 0.5) is 21.6 Å². The molecule has 5 heterocycles. The van der Waals surface area contributed by atoms with E-state index in [1.54, 1.807) is 41.4 Å². The molecule has 0 unspecified atom stereocenters. The van der Waals surface area contributed by atoms with Gasteiger partial charge in [-0.2, -0.15) is 0 Å². The number of anilines is 3. The molecule has 0 aliphatic carbocycles. The maximum Gasteiger partial charge on any atom is 0.259 e. The van der Waals surface area contributed by atoms with Gasteiger partial charge in [0.2, 0.25) is 0 Å². The standard InChI is InChI=1S/C41H40FN5O2S/c1-5-19-41(20-6-2)24-46(25-41)38-31(17-12-27(4)44-38)39(48)45-30-15-13-28(14-16-30)40(49)47-22-18-29-23-34(35-26(3)9-7-10-32(35)42)50-37(29)36-33(47)11-8-21-43-36/h5,7-17,21,23H,1,6,18-20,22,24-25H2,2-4H3,(H,45,48). The summed E-state index contributed by atoms with van der Waals surface area (Å²) in [4.78, 5) is 42.8. The van der Waals surface area contributed by atoms with Gasteiger partial charge in [-0.1, -0.05) is 31.6 Å². The lowest BCUT2D eigenvalue weighted by molar-refractivity contribution is 0.0986. The molecule has 9 heteroatoms. The number of nitrogens with zero attached hydrogens (tertiary/aromatic N) is 4. The molecule has 7 rings (SSSR count). The maximum absolute atomic E-state index is 14.9. The highest BCUT2D eigenvalue weighted by atomic mass is 32.1. The first-order valence-electron chi connectivity index (χ1n) is 17.1. The fraction of sp³-hybridized carbons (Fsp3) is 0.268. The molecule has 7 nitrogen and oxygen atoms in total. The number of benzene rings is 2. The van der Waals surface area contributed by atoms with Crippen LogP contribution in [0, 0.1) is 25.1 Å². The van der Waals surface area contributed by atoms with E-state index in [1.807, 2.05) is 56.3 Å². The van der Waals surface area contributed by atoms with Gasteiger partial charge in [0.1, 0.15) is 17.3 Å². The summed E-state index contributed by atoms with van der Waals surface area (Å²) in [5, 5.41) is 3.02. The molecule has 1 saturated heterocycles. The molecule has 50 heavy (non-hydrogen) atoms. The van der Waals surface area contributed by atoms with Gasteiger partial charge in [0.25, 0.3) is 11.8 Å². The van der Waals surface area contributed by atoms with Gasteiger partial charge in [-0.05, 0) is 105 Å². The van der Waals surface area contributed by atoms with Crippen LogP contribution < -0.4 is 15.1 Å². The monoisotopic (exact) mass is 685 g/mol. The third-order valence-electron chi connectivity index (χ3n) is 9.78. The molecule has 0 radical (unpaired) electrons. The third kappa shape index (κ3) is 6.22. The molecule has 2 aromatic carbocycles. The molecule has 0 atom stereocenters. The molecule has 2 amide bonds. The van der Waals surface area contributed by atoms with Crippen LogP contribution in [-0.4, -0.2) is 41.4 Å². The number of carbonyl (C=O) groups excluding carboxylic acids is 2. The van der Waals surface area contributed by atoms with Crippen molar-refractivity contribution in [2.24, 2.45) is 5.41 Å². The first kappa shape index (κ1) is 33.4. The molecule has 1 N–H and O–H groups in total. The average Bonchev–Trinajstić information content (AvgIpc) is 3.44. The number of carbonyl (C=O) groups is 2. The van der Waals surface area contributed by atoms with Gasteiger partial charge in [-0.3, -0.25) is 14.6 Å². The van der Waals surface area contributed by atoms with Crippen LogP contribution in [0.1, 0.15) is 63.7 Å². The van der Waals surface area contributed by atoms with E-state index >= 15 is 0 Å². The van der Waals surface area contributed by atoms with E-state index in [9.17, 15) is 14.0 Å². The SMILES string of the molecule is C=CCC1(CCC)CN(c2nc(C)ccc2C(=O)Nc2ccc(C(=O)N3CCc4cc(-c5c(C)cccc5F)sc4-c4ncccc43)cc2)C1. The van der Waals surface area contributed by atoms with E-state index in [0.717, 1.165) is 58.9 Å². The second-order valence-electron chi connectivity index (χ2n) is 13.4. The van der Waals surface area contributed by atoms with Gasteiger partial charge in [0.15, 0.2) is 0 Å². The van der Waals surface area contributed by atoms with E-state index in [2.05, 4.69) is 23.7 Å². The zero-order chi connectivity index (χ0) is 35.0. The molecule has 3 aromatic heterocycles. The Balaban J connectivity index is 1.09. The second-order valence-corrected chi connectivity index (χ2v) is 14.5. The zero-order valence-electron chi connectivity index (χ0n) is 28.6. The van der Waals surface area contributed by atoms with Crippen molar-refractivity contribution in [2.75, 3.05) is 34.8 Å². The van der Waals surface area contributed by atoms with Crippen molar-refractivity contribution in [3.05, 3.63) is 125 Å².